The summed E-state index contributed by atoms with van der Waals surface area (Å²) < 4.78 is 7.26. The molecule has 126 valence electrons. The molecule has 0 amide bonds. The zero-order chi connectivity index (χ0) is 18.0. The molecule has 8 heteroatoms. The van der Waals surface area contributed by atoms with Gasteiger partial charge in [-0.05, 0) is 32.2 Å². The number of nitriles is 1. The molecular weight excluding hydrogens is 336 g/mol. The Labute approximate surface area is 149 Å². The van der Waals surface area contributed by atoms with Crippen LogP contribution in [0.25, 0.3) is 5.82 Å². The van der Waals surface area contributed by atoms with Crippen LogP contribution in [-0.4, -0.2) is 26.0 Å². The van der Waals surface area contributed by atoms with E-state index < -0.39 is 0 Å². The molecule has 0 bridgehead atoms. The van der Waals surface area contributed by atoms with Crippen LogP contribution in [0.4, 0.5) is 5.82 Å². The average molecular weight is 352 g/mol. The van der Waals surface area contributed by atoms with Crippen molar-refractivity contribution in [1.29, 1.82) is 5.26 Å². The lowest BCUT2D eigenvalue weighted by atomic mass is 10.2. The van der Waals surface area contributed by atoms with Gasteiger partial charge in [-0.25, -0.2) is 4.98 Å². The number of nitrogens with zero attached hydrogens (tertiary/aromatic N) is 5. The fourth-order valence-corrected chi connectivity index (χ4v) is 2.60. The molecule has 0 atom stereocenters. The van der Waals surface area contributed by atoms with Crippen molar-refractivity contribution in [1.82, 2.24) is 19.7 Å². The molecule has 0 spiro atoms. The maximum atomic E-state index is 9.19. The van der Waals surface area contributed by atoms with Crippen LogP contribution in [0.5, 0.6) is 11.6 Å². The minimum atomic E-state index is 0.243. The molecule has 0 fully saturated rings. The van der Waals surface area contributed by atoms with Gasteiger partial charge in [-0.1, -0.05) is 29.5 Å². The zero-order valence-electron chi connectivity index (χ0n) is 14.0. The lowest BCUT2D eigenvalue weighted by Crippen LogP contribution is -2.06. The van der Waals surface area contributed by atoms with E-state index in [1.54, 1.807) is 13.0 Å². The highest BCUT2D eigenvalue weighted by Crippen LogP contribution is 2.26. The van der Waals surface area contributed by atoms with Crippen molar-refractivity contribution >= 4 is 17.6 Å². The Balaban J connectivity index is 2.04. The second kappa shape index (κ2) is 6.83. The molecule has 0 radical (unpaired) electrons. The first-order chi connectivity index (χ1) is 12.0. The number of thioether (sulfide) groups is 1. The topological polar surface area (TPSA) is 103 Å². The van der Waals surface area contributed by atoms with Crippen LogP contribution in [0.2, 0.25) is 0 Å². The number of ether oxygens (including phenoxy) is 1. The molecule has 0 saturated carbocycles. The molecule has 2 N–H and O–H groups in total. The summed E-state index contributed by atoms with van der Waals surface area (Å²) >= 11 is 1.38. The van der Waals surface area contributed by atoms with Crippen molar-refractivity contribution < 1.29 is 4.74 Å². The van der Waals surface area contributed by atoms with Gasteiger partial charge in [0.25, 0.3) is 0 Å². The van der Waals surface area contributed by atoms with Gasteiger partial charge >= 0.3 is 0 Å². The van der Waals surface area contributed by atoms with Crippen LogP contribution in [0.1, 0.15) is 16.8 Å². The third-order valence-corrected chi connectivity index (χ3v) is 4.07. The Kier molecular flexibility index (Phi) is 4.59. The minimum absolute atomic E-state index is 0.243. The van der Waals surface area contributed by atoms with E-state index in [4.69, 9.17) is 10.5 Å². The van der Waals surface area contributed by atoms with E-state index in [1.807, 2.05) is 37.4 Å². The largest absolute Gasteiger partial charge is 0.439 e. The molecule has 0 aliphatic rings. The molecule has 25 heavy (non-hydrogen) atoms. The number of benzene rings is 1. The summed E-state index contributed by atoms with van der Waals surface area (Å²) in [6.07, 6.45) is 1.87. The highest BCUT2D eigenvalue weighted by atomic mass is 32.2. The fraction of sp³-hybridized carbons (Fsp3) is 0.176. The van der Waals surface area contributed by atoms with Crippen molar-refractivity contribution in [2.75, 3.05) is 12.0 Å². The molecule has 2 aromatic heterocycles. The maximum absolute atomic E-state index is 9.19. The third-order valence-electron chi connectivity index (χ3n) is 3.52. The molecule has 7 nitrogen and oxygen atoms in total. The quantitative estimate of drug-likeness (QED) is 0.568. The zero-order valence-corrected chi connectivity index (χ0v) is 14.8. The molecule has 3 aromatic rings. The van der Waals surface area contributed by atoms with Crippen molar-refractivity contribution in [3.63, 3.8) is 0 Å². The smallest absolute Gasteiger partial charge is 0.225 e. The lowest BCUT2D eigenvalue weighted by Gasteiger charge is -2.09. The normalized spacial score (nSPS) is 10.5. The minimum Gasteiger partial charge on any atom is -0.439 e. The molecule has 2 heterocycles. The van der Waals surface area contributed by atoms with Crippen LogP contribution in [-0.2, 0) is 0 Å². The van der Waals surface area contributed by atoms with E-state index in [2.05, 4.69) is 21.1 Å². The molecule has 0 aliphatic carbocycles. The number of nitrogens with two attached hydrogens (primary N) is 1. The first kappa shape index (κ1) is 16.8. The van der Waals surface area contributed by atoms with E-state index in [0.29, 0.717) is 33.9 Å². The van der Waals surface area contributed by atoms with Gasteiger partial charge in [0.15, 0.2) is 11.0 Å². The summed E-state index contributed by atoms with van der Waals surface area (Å²) in [5.74, 6) is 1.74. The van der Waals surface area contributed by atoms with Gasteiger partial charge in [-0.3, -0.25) is 0 Å². The number of aromatic nitrogens is 4. The molecular formula is C17H16N6OS. The monoisotopic (exact) mass is 352 g/mol. The van der Waals surface area contributed by atoms with Crippen molar-refractivity contribution in [2.24, 2.45) is 0 Å². The van der Waals surface area contributed by atoms with Gasteiger partial charge < -0.3 is 10.5 Å². The Morgan fingerprint density at radius 3 is 2.52 bits per heavy atom. The summed E-state index contributed by atoms with van der Waals surface area (Å²) in [4.78, 5) is 8.77. The number of nitrogen functional groups attached to an aromatic ring is 1. The van der Waals surface area contributed by atoms with Gasteiger partial charge in [0, 0.05) is 6.07 Å². The van der Waals surface area contributed by atoms with E-state index in [1.165, 1.54) is 16.4 Å². The predicted octanol–water partition coefficient (Wildman–Crippen LogP) is 3.25. The fourth-order valence-electron chi connectivity index (χ4n) is 2.23. The average Bonchev–Trinajstić information content (AvgIpc) is 2.90. The van der Waals surface area contributed by atoms with Gasteiger partial charge in [-0.15, -0.1) is 0 Å². The number of anilines is 1. The highest BCUT2D eigenvalue weighted by molar-refractivity contribution is 7.98. The summed E-state index contributed by atoms with van der Waals surface area (Å²) in [5, 5.41) is 14.0. The van der Waals surface area contributed by atoms with Crippen molar-refractivity contribution in [3.05, 3.63) is 47.2 Å². The SMILES string of the molecule is CSc1nc(Oc2ccc(C)cc2)cc(-n2nc(C)c(C#N)c2N)n1. The van der Waals surface area contributed by atoms with Crippen molar-refractivity contribution in [2.45, 2.75) is 19.0 Å². The Morgan fingerprint density at radius 1 is 1.20 bits per heavy atom. The van der Waals surface area contributed by atoms with E-state index in [0.717, 1.165) is 5.56 Å². The second-order valence-electron chi connectivity index (χ2n) is 5.34. The Bertz CT molecular complexity index is 959. The Morgan fingerprint density at radius 2 is 1.92 bits per heavy atom. The van der Waals surface area contributed by atoms with E-state index in [9.17, 15) is 5.26 Å². The Hall–Kier alpha value is -3.05. The highest BCUT2D eigenvalue weighted by Gasteiger charge is 2.16. The maximum Gasteiger partial charge on any atom is 0.225 e. The van der Waals surface area contributed by atoms with Crippen LogP contribution >= 0.6 is 11.8 Å². The third kappa shape index (κ3) is 3.41. The summed E-state index contributed by atoms with van der Waals surface area (Å²) in [6, 6.07) is 11.4. The molecule has 3 rings (SSSR count). The number of rotatable bonds is 4. The standard InChI is InChI=1S/C17H16N6OS/c1-10-4-6-12(7-5-10)24-15-8-14(20-17(21-15)25-3)23-16(19)13(9-18)11(2)22-23/h4-8H,19H2,1-3H3. The number of hydrogen-bond donors (Lipinski definition) is 1. The molecule has 1 aromatic carbocycles. The summed E-state index contributed by atoms with van der Waals surface area (Å²) in [7, 11) is 0. The van der Waals surface area contributed by atoms with Gasteiger partial charge in [0.1, 0.15) is 23.2 Å². The van der Waals surface area contributed by atoms with Gasteiger partial charge in [0.05, 0.1) is 5.69 Å². The summed E-state index contributed by atoms with van der Waals surface area (Å²) in [6.45, 7) is 3.74. The number of hydrogen-bond acceptors (Lipinski definition) is 7. The van der Waals surface area contributed by atoms with E-state index >= 15 is 0 Å². The molecule has 0 saturated heterocycles. The number of aryl methyl sites for hydroxylation is 2. The van der Waals surface area contributed by atoms with Gasteiger partial charge in [-0.2, -0.15) is 20.0 Å². The van der Waals surface area contributed by atoms with Crippen LogP contribution < -0.4 is 10.5 Å². The van der Waals surface area contributed by atoms with Crippen LogP contribution in [0.15, 0.2) is 35.5 Å². The second-order valence-corrected chi connectivity index (χ2v) is 6.11. The van der Waals surface area contributed by atoms with Gasteiger partial charge in [0.2, 0.25) is 5.88 Å². The molecule has 0 aliphatic heterocycles. The van der Waals surface area contributed by atoms with E-state index in [-0.39, 0.29) is 5.82 Å². The molecule has 0 unspecified atom stereocenters. The first-order valence-corrected chi connectivity index (χ1v) is 8.67. The predicted molar refractivity (Wildman–Crippen MR) is 96.1 cm³/mol. The first-order valence-electron chi connectivity index (χ1n) is 7.45. The van der Waals surface area contributed by atoms with Crippen LogP contribution in [0, 0.1) is 25.2 Å². The van der Waals surface area contributed by atoms with Crippen LogP contribution in [0.3, 0.4) is 0 Å². The lowest BCUT2D eigenvalue weighted by molar-refractivity contribution is 0.454. The summed E-state index contributed by atoms with van der Waals surface area (Å²) in [5.41, 5.74) is 8.06. The van der Waals surface area contributed by atoms with Crippen molar-refractivity contribution in [3.8, 4) is 23.5 Å².